The topological polar surface area (TPSA) is 142 Å². The number of amides is 2. The van der Waals surface area contributed by atoms with Gasteiger partial charge in [-0.3, -0.25) is 14.4 Å². The second kappa shape index (κ2) is 12.2. The summed E-state index contributed by atoms with van der Waals surface area (Å²) >= 11 is 0. The van der Waals surface area contributed by atoms with Gasteiger partial charge in [-0.15, -0.1) is 0 Å². The first kappa shape index (κ1) is 29.3. The number of aliphatic carboxylic acids is 1. The molecule has 1 aliphatic rings. The Kier molecular flexibility index (Phi) is 8.74. The minimum absolute atomic E-state index is 0.0102. The van der Waals surface area contributed by atoms with E-state index >= 15 is 0 Å². The monoisotopic (exact) mass is 553 g/mol. The molecule has 1 aliphatic carbocycles. The van der Waals surface area contributed by atoms with Crippen molar-refractivity contribution in [3.63, 3.8) is 0 Å². The summed E-state index contributed by atoms with van der Waals surface area (Å²) in [6.45, 7) is 0.969. The van der Waals surface area contributed by atoms with Crippen LogP contribution < -0.4 is 16.4 Å². The lowest BCUT2D eigenvalue weighted by Gasteiger charge is -2.47. The standard InChI is InChI=1S/C33H35N3O5/c1-2-28(38)36-32(30(34)41,22-29(39)40)31(23-37)20-18-27(19-21-31)35-33(24-12-6-3-7-13-24,25-14-8-4-9-15-25)26-16-10-5-11-17-26/h3-20,35,37H,2,21-23H2,1H3,(H2,34,41)(H,36,38)(H,39,40). The van der Waals surface area contributed by atoms with Gasteiger partial charge in [0.25, 0.3) is 0 Å². The molecule has 0 bridgehead atoms. The van der Waals surface area contributed by atoms with E-state index in [2.05, 4.69) is 10.6 Å². The van der Waals surface area contributed by atoms with Gasteiger partial charge < -0.3 is 26.6 Å². The van der Waals surface area contributed by atoms with E-state index in [1.165, 1.54) is 0 Å². The van der Waals surface area contributed by atoms with Gasteiger partial charge in [-0.2, -0.15) is 0 Å². The maximum atomic E-state index is 12.9. The summed E-state index contributed by atoms with van der Waals surface area (Å²) in [5.74, 6) is -2.90. The zero-order valence-electron chi connectivity index (χ0n) is 22.9. The minimum Gasteiger partial charge on any atom is -0.481 e. The van der Waals surface area contributed by atoms with Crippen molar-refractivity contribution in [3.8, 4) is 0 Å². The van der Waals surface area contributed by atoms with Crippen molar-refractivity contribution >= 4 is 17.8 Å². The third kappa shape index (κ3) is 5.51. The smallest absolute Gasteiger partial charge is 0.306 e. The van der Waals surface area contributed by atoms with Crippen molar-refractivity contribution in [2.24, 2.45) is 11.1 Å². The lowest BCUT2D eigenvalue weighted by Crippen LogP contribution is -2.68. The van der Waals surface area contributed by atoms with Crippen LogP contribution in [-0.2, 0) is 19.9 Å². The molecule has 2 amide bonds. The molecule has 2 unspecified atom stereocenters. The summed E-state index contributed by atoms with van der Waals surface area (Å²) in [6, 6.07) is 30.0. The molecule has 0 fully saturated rings. The molecule has 0 radical (unpaired) electrons. The Labute approximate surface area is 239 Å². The molecule has 0 aromatic heterocycles. The van der Waals surface area contributed by atoms with Crippen LogP contribution in [-0.4, -0.2) is 40.1 Å². The number of carbonyl (C=O) groups is 3. The van der Waals surface area contributed by atoms with Crippen LogP contribution in [0.15, 0.2) is 115 Å². The number of primary amides is 1. The van der Waals surface area contributed by atoms with Crippen molar-refractivity contribution in [1.82, 2.24) is 10.6 Å². The number of nitrogens with two attached hydrogens (primary N) is 1. The van der Waals surface area contributed by atoms with Crippen LogP contribution in [0.5, 0.6) is 0 Å². The van der Waals surface area contributed by atoms with Gasteiger partial charge in [0.2, 0.25) is 11.8 Å². The second-order valence-electron chi connectivity index (χ2n) is 10.2. The van der Waals surface area contributed by atoms with E-state index in [0.29, 0.717) is 5.70 Å². The van der Waals surface area contributed by atoms with Crippen LogP contribution in [0.3, 0.4) is 0 Å². The SMILES string of the molecule is CCC(=O)NC(CC(=O)O)(C(N)=O)C1(CO)C=CC(NC(c2ccccc2)(c2ccccc2)c2ccccc2)=CC1. The predicted octanol–water partition coefficient (Wildman–Crippen LogP) is 3.62. The fourth-order valence-electron chi connectivity index (χ4n) is 5.63. The van der Waals surface area contributed by atoms with E-state index in [0.717, 1.165) is 16.7 Å². The highest BCUT2D eigenvalue weighted by molar-refractivity contribution is 5.95. The molecule has 41 heavy (non-hydrogen) atoms. The van der Waals surface area contributed by atoms with Gasteiger partial charge in [0.1, 0.15) is 11.1 Å². The van der Waals surface area contributed by atoms with Crippen molar-refractivity contribution in [2.45, 2.75) is 37.3 Å². The van der Waals surface area contributed by atoms with Gasteiger partial charge in [-0.25, -0.2) is 0 Å². The van der Waals surface area contributed by atoms with Crippen LogP contribution >= 0.6 is 0 Å². The third-order valence-corrected chi connectivity index (χ3v) is 7.86. The summed E-state index contributed by atoms with van der Waals surface area (Å²) in [7, 11) is 0. The number of carboxylic acid groups (broad SMARTS) is 1. The van der Waals surface area contributed by atoms with E-state index in [1.54, 1.807) is 25.2 Å². The molecule has 0 aliphatic heterocycles. The third-order valence-electron chi connectivity index (χ3n) is 7.86. The number of carboxylic acids is 1. The van der Waals surface area contributed by atoms with E-state index in [4.69, 9.17) is 5.73 Å². The van der Waals surface area contributed by atoms with Gasteiger partial charge in [0.15, 0.2) is 0 Å². The molecule has 8 heteroatoms. The Morgan fingerprint density at radius 1 is 0.878 bits per heavy atom. The molecule has 0 saturated carbocycles. The molecule has 3 aromatic carbocycles. The summed E-state index contributed by atoms with van der Waals surface area (Å²) < 4.78 is 0. The van der Waals surface area contributed by atoms with Crippen LogP contribution in [0.25, 0.3) is 0 Å². The van der Waals surface area contributed by atoms with Gasteiger partial charge in [-0.05, 0) is 29.2 Å². The summed E-state index contributed by atoms with van der Waals surface area (Å²) in [5.41, 5.74) is 5.06. The van der Waals surface area contributed by atoms with Crippen LogP contribution in [0, 0.1) is 5.41 Å². The maximum absolute atomic E-state index is 12.9. The van der Waals surface area contributed by atoms with Crippen LogP contribution in [0.4, 0.5) is 0 Å². The number of aliphatic hydroxyl groups is 1. The van der Waals surface area contributed by atoms with Crippen molar-refractivity contribution in [3.05, 3.63) is 132 Å². The first-order chi connectivity index (χ1) is 19.7. The lowest BCUT2D eigenvalue weighted by molar-refractivity contribution is -0.148. The molecule has 0 heterocycles. The van der Waals surface area contributed by atoms with Gasteiger partial charge >= 0.3 is 5.97 Å². The van der Waals surface area contributed by atoms with Crippen molar-refractivity contribution in [2.75, 3.05) is 6.61 Å². The number of carbonyl (C=O) groups excluding carboxylic acids is 2. The molecule has 212 valence electrons. The van der Waals surface area contributed by atoms with Crippen LogP contribution in [0.1, 0.15) is 42.9 Å². The van der Waals surface area contributed by atoms with E-state index in [1.807, 2.05) is 91.0 Å². The Morgan fingerprint density at radius 3 is 1.71 bits per heavy atom. The number of nitrogens with one attached hydrogen (secondary N) is 2. The zero-order chi connectivity index (χ0) is 29.5. The second-order valence-corrected chi connectivity index (χ2v) is 10.2. The Balaban J connectivity index is 1.84. The van der Waals surface area contributed by atoms with Crippen molar-refractivity contribution in [1.29, 1.82) is 0 Å². The van der Waals surface area contributed by atoms with Gasteiger partial charge in [0.05, 0.1) is 13.0 Å². The predicted molar refractivity (Wildman–Crippen MR) is 156 cm³/mol. The molecule has 4 rings (SSSR count). The van der Waals surface area contributed by atoms with Crippen molar-refractivity contribution < 1.29 is 24.6 Å². The number of hydrogen-bond donors (Lipinski definition) is 5. The Bertz CT molecular complexity index is 1340. The fourth-order valence-corrected chi connectivity index (χ4v) is 5.63. The highest BCUT2D eigenvalue weighted by atomic mass is 16.4. The molecule has 0 saturated heterocycles. The molecule has 8 nitrogen and oxygen atoms in total. The average molecular weight is 554 g/mol. The Morgan fingerprint density at radius 2 is 1.37 bits per heavy atom. The first-order valence-corrected chi connectivity index (χ1v) is 13.5. The quantitative estimate of drug-likeness (QED) is 0.217. The molecular formula is C33H35N3O5. The summed E-state index contributed by atoms with van der Waals surface area (Å²) in [6.07, 6.45) is 4.37. The molecule has 2 atom stereocenters. The number of allylic oxidation sites excluding steroid dienone is 2. The number of benzene rings is 3. The molecule has 0 spiro atoms. The summed E-state index contributed by atoms with van der Waals surface area (Å²) in [5, 5.41) is 26.6. The minimum atomic E-state index is -2.05. The average Bonchev–Trinajstić information content (AvgIpc) is 3.00. The van der Waals surface area contributed by atoms with E-state index in [-0.39, 0.29) is 12.8 Å². The summed E-state index contributed by atoms with van der Waals surface area (Å²) in [4.78, 5) is 37.3. The number of hydrogen-bond acceptors (Lipinski definition) is 5. The largest absolute Gasteiger partial charge is 0.481 e. The number of rotatable bonds is 12. The number of aliphatic hydroxyl groups excluding tert-OH is 1. The zero-order valence-corrected chi connectivity index (χ0v) is 22.9. The first-order valence-electron chi connectivity index (χ1n) is 13.5. The fraction of sp³-hybridized carbons (Fsp3) is 0.242. The molecular weight excluding hydrogens is 518 g/mol. The normalized spacial score (nSPS) is 18.0. The van der Waals surface area contributed by atoms with Gasteiger partial charge in [-0.1, -0.05) is 110 Å². The lowest BCUT2D eigenvalue weighted by atomic mass is 9.63. The maximum Gasteiger partial charge on any atom is 0.306 e. The highest BCUT2D eigenvalue weighted by Crippen LogP contribution is 2.44. The molecule has 3 aromatic rings. The molecule has 6 N–H and O–H groups in total. The van der Waals surface area contributed by atoms with Crippen LogP contribution in [0.2, 0.25) is 0 Å². The van der Waals surface area contributed by atoms with Gasteiger partial charge in [0, 0.05) is 17.5 Å². The highest BCUT2D eigenvalue weighted by Gasteiger charge is 2.56. The van der Waals surface area contributed by atoms with E-state index < -0.39 is 47.3 Å². The van der Waals surface area contributed by atoms with E-state index in [9.17, 15) is 24.6 Å². The Hall–Kier alpha value is -4.69.